The van der Waals surface area contributed by atoms with Gasteiger partial charge in [-0.05, 0) is 42.3 Å². The Labute approximate surface area is 161 Å². The maximum absolute atomic E-state index is 11.5. The average molecular weight is 372 g/mol. The van der Waals surface area contributed by atoms with Crippen molar-refractivity contribution in [3.63, 3.8) is 0 Å². The van der Waals surface area contributed by atoms with Crippen LogP contribution in [0.3, 0.4) is 0 Å². The van der Waals surface area contributed by atoms with Crippen molar-refractivity contribution in [2.75, 3.05) is 6.54 Å². The topological polar surface area (TPSA) is 104 Å². The van der Waals surface area contributed by atoms with Crippen LogP contribution >= 0.6 is 0 Å². The molecule has 1 atom stereocenters. The number of aromatic nitrogens is 4. The molecular formula is C21H20N6O. The summed E-state index contributed by atoms with van der Waals surface area (Å²) in [6.45, 7) is 1.83. The van der Waals surface area contributed by atoms with E-state index in [1.807, 2.05) is 24.4 Å². The molecule has 0 bridgehead atoms. The largest absolute Gasteiger partial charge is 0.366 e. The molecule has 3 aromatic heterocycles. The van der Waals surface area contributed by atoms with E-state index in [1.165, 1.54) is 0 Å². The summed E-state index contributed by atoms with van der Waals surface area (Å²) in [6.07, 6.45) is 4.68. The van der Waals surface area contributed by atoms with Crippen LogP contribution in [0.4, 0.5) is 0 Å². The van der Waals surface area contributed by atoms with Gasteiger partial charge in [0.25, 0.3) is 0 Å². The Morgan fingerprint density at radius 3 is 2.93 bits per heavy atom. The first kappa shape index (κ1) is 16.7. The predicted octanol–water partition coefficient (Wildman–Crippen LogP) is 3.00. The van der Waals surface area contributed by atoms with Crippen molar-refractivity contribution in [1.82, 2.24) is 25.1 Å². The number of carbonyl (C=O) groups is 1. The van der Waals surface area contributed by atoms with Crippen molar-refractivity contribution in [2.24, 2.45) is 5.73 Å². The summed E-state index contributed by atoms with van der Waals surface area (Å²) in [5.74, 6) is -0.386. The molecule has 0 radical (unpaired) electrons. The van der Waals surface area contributed by atoms with Gasteiger partial charge in [0.1, 0.15) is 5.65 Å². The maximum Gasteiger partial charge on any atom is 0.248 e. The second kappa shape index (κ2) is 6.61. The number of likely N-dealkylation sites (tertiary alicyclic amines) is 1. The van der Waals surface area contributed by atoms with Gasteiger partial charge in [0.15, 0.2) is 0 Å². The number of hydrogen-bond donors (Lipinski definition) is 3. The van der Waals surface area contributed by atoms with E-state index in [1.54, 1.807) is 12.3 Å². The van der Waals surface area contributed by atoms with Gasteiger partial charge in [-0.15, -0.1) is 0 Å². The molecule has 140 valence electrons. The van der Waals surface area contributed by atoms with Crippen molar-refractivity contribution in [1.29, 1.82) is 0 Å². The van der Waals surface area contributed by atoms with Crippen molar-refractivity contribution in [3.05, 3.63) is 71.7 Å². The standard InChI is InChI=1S/C21H20N6O/c22-20(28)14-3-1-2-13(8-14)19-6-7-27(19)12-17-9-15-4-5-18(26-21(15)25-17)16-10-23-24-11-16/h1-5,8-11,19H,6-7,12H2,(H2,22,28)(H,23,24)(H,25,26). The molecular weight excluding hydrogens is 352 g/mol. The summed E-state index contributed by atoms with van der Waals surface area (Å²) >= 11 is 0. The normalized spacial score (nSPS) is 16.9. The Hall–Kier alpha value is -3.45. The lowest BCUT2D eigenvalue weighted by atomic mass is 9.93. The zero-order valence-corrected chi connectivity index (χ0v) is 15.2. The molecule has 28 heavy (non-hydrogen) atoms. The number of hydrogen-bond acceptors (Lipinski definition) is 4. The number of nitrogens with one attached hydrogen (secondary N) is 2. The SMILES string of the molecule is NC(=O)c1cccc(C2CCN2Cc2cc3ccc(-c4cn[nH]c4)nc3[nH]2)c1. The molecule has 4 heterocycles. The summed E-state index contributed by atoms with van der Waals surface area (Å²) in [7, 11) is 0. The summed E-state index contributed by atoms with van der Waals surface area (Å²) < 4.78 is 0. The molecule has 7 nitrogen and oxygen atoms in total. The van der Waals surface area contributed by atoms with Gasteiger partial charge >= 0.3 is 0 Å². The minimum Gasteiger partial charge on any atom is -0.366 e. The highest BCUT2D eigenvalue weighted by atomic mass is 16.1. The van der Waals surface area contributed by atoms with Gasteiger partial charge in [0.2, 0.25) is 5.91 Å². The van der Waals surface area contributed by atoms with Gasteiger partial charge in [-0.2, -0.15) is 5.10 Å². The second-order valence-electron chi connectivity index (χ2n) is 7.18. The maximum atomic E-state index is 11.5. The number of amides is 1. The number of nitrogens with zero attached hydrogens (tertiary/aromatic N) is 3. The highest BCUT2D eigenvalue weighted by Crippen LogP contribution is 2.35. The van der Waals surface area contributed by atoms with Crippen molar-refractivity contribution >= 4 is 16.9 Å². The van der Waals surface area contributed by atoms with Crippen LogP contribution in [0.1, 0.15) is 34.1 Å². The number of aromatic amines is 2. The van der Waals surface area contributed by atoms with Crippen LogP contribution in [0.2, 0.25) is 0 Å². The number of benzene rings is 1. The Morgan fingerprint density at radius 1 is 1.25 bits per heavy atom. The number of rotatable bonds is 5. The first-order valence-corrected chi connectivity index (χ1v) is 9.29. The monoisotopic (exact) mass is 372 g/mol. The van der Waals surface area contributed by atoms with Crippen molar-refractivity contribution in [2.45, 2.75) is 19.0 Å². The first-order valence-electron chi connectivity index (χ1n) is 9.29. The Bertz CT molecular complexity index is 1150. The summed E-state index contributed by atoms with van der Waals surface area (Å²) in [5, 5.41) is 7.90. The lowest BCUT2D eigenvalue weighted by molar-refractivity contribution is 0.0805. The molecule has 0 aliphatic carbocycles. The Kier molecular flexibility index (Phi) is 3.95. The molecule has 1 aromatic carbocycles. The molecule has 4 N–H and O–H groups in total. The Morgan fingerprint density at radius 2 is 2.18 bits per heavy atom. The minimum atomic E-state index is -0.386. The van der Waals surface area contributed by atoms with Crippen LogP contribution in [0, 0.1) is 0 Å². The summed E-state index contributed by atoms with van der Waals surface area (Å²) in [4.78, 5) is 22.0. The minimum absolute atomic E-state index is 0.306. The van der Waals surface area contributed by atoms with E-state index in [9.17, 15) is 4.79 Å². The van der Waals surface area contributed by atoms with Crippen molar-refractivity contribution < 1.29 is 4.79 Å². The number of H-pyrrole nitrogens is 2. The molecule has 0 saturated carbocycles. The molecule has 5 rings (SSSR count). The van der Waals surface area contributed by atoms with E-state index in [2.05, 4.69) is 38.3 Å². The van der Waals surface area contributed by atoms with Crippen LogP contribution in [-0.4, -0.2) is 37.5 Å². The highest BCUT2D eigenvalue weighted by molar-refractivity contribution is 5.92. The molecule has 1 aliphatic rings. The fourth-order valence-electron chi connectivity index (χ4n) is 3.82. The van der Waals surface area contributed by atoms with E-state index in [4.69, 9.17) is 10.7 Å². The molecule has 7 heteroatoms. The predicted molar refractivity (Wildman–Crippen MR) is 106 cm³/mol. The number of pyridine rings is 1. The third-order valence-corrected chi connectivity index (χ3v) is 5.39. The molecule has 4 aromatic rings. The smallest absolute Gasteiger partial charge is 0.248 e. The van der Waals surface area contributed by atoms with Crippen LogP contribution in [0.15, 0.2) is 54.9 Å². The van der Waals surface area contributed by atoms with Crippen LogP contribution < -0.4 is 5.73 Å². The van der Waals surface area contributed by atoms with Gasteiger partial charge in [-0.1, -0.05) is 12.1 Å². The third-order valence-electron chi connectivity index (χ3n) is 5.39. The van der Waals surface area contributed by atoms with E-state index >= 15 is 0 Å². The Balaban J connectivity index is 1.36. The fraction of sp³-hybridized carbons (Fsp3) is 0.190. The van der Waals surface area contributed by atoms with E-state index in [-0.39, 0.29) is 5.91 Å². The molecule has 1 amide bonds. The summed E-state index contributed by atoms with van der Waals surface area (Å²) in [5.41, 5.74) is 11.0. The first-order chi connectivity index (χ1) is 13.7. The third kappa shape index (κ3) is 2.95. The molecule has 1 aliphatic heterocycles. The highest BCUT2D eigenvalue weighted by Gasteiger charge is 2.30. The number of carbonyl (C=O) groups excluding carboxylic acids is 1. The van der Waals surface area contributed by atoms with Crippen LogP contribution in [0.25, 0.3) is 22.3 Å². The van der Waals surface area contributed by atoms with Gasteiger partial charge < -0.3 is 10.7 Å². The van der Waals surface area contributed by atoms with Gasteiger partial charge in [-0.25, -0.2) is 4.98 Å². The fourth-order valence-corrected chi connectivity index (χ4v) is 3.82. The molecule has 0 spiro atoms. The summed E-state index contributed by atoms with van der Waals surface area (Å²) in [6, 6.07) is 14.2. The quantitative estimate of drug-likeness (QED) is 0.501. The van der Waals surface area contributed by atoms with Crippen LogP contribution in [-0.2, 0) is 6.54 Å². The average Bonchev–Trinajstić information content (AvgIpc) is 3.34. The van der Waals surface area contributed by atoms with E-state index in [0.717, 1.165) is 53.1 Å². The molecule has 1 unspecified atom stereocenters. The number of fused-ring (bicyclic) bond motifs is 1. The van der Waals surface area contributed by atoms with Crippen LogP contribution in [0.5, 0.6) is 0 Å². The van der Waals surface area contributed by atoms with Gasteiger partial charge in [-0.3, -0.25) is 14.8 Å². The molecule has 1 fully saturated rings. The second-order valence-corrected chi connectivity index (χ2v) is 7.18. The zero-order valence-electron chi connectivity index (χ0n) is 15.2. The molecule has 1 saturated heterocycles. The number of nitrogens with two attached hydrogens (primary N) is 1. The van der Waals surface area contributed by atoms with E-state index < -0.39 is 0 Å². The van der Waals surface area contributed by atoms with Crippen molar-refractivity contribution in [3.8, 4) is 11.3 Å². The lowest BCUT2D eigenvalue weighted by Gasteiger charge is -2.41. The number of primary amides is 1. The van der Waals surface area contributed by atoms with Gasteiger partial charge in [0.05, 0.1) is 11.9 Å². The lowest BCUT2D eigenvalue weighted by Crippen LogP contribution is -2.40. The van der Waals surface area contributed by atoms with Gasteiger partial charge in [0, 0.05) is 47.5 Å². The zero-order chi connectivity index (χ0) is 19.1. The van der Waals surface area contributed by atoms with E-state index in [0.29, 0.717) is 11.6 Å².